The fourth-order valence-corrected chi connectivity index (χ4v) is 3.68. The van der Waals surface area contributed by atoms with Crippen molar-refractivity contribution in [2.24, 2.45) is 0 Å². The van der Waals surface area contributed by atoms with Gasteiger partial charge in [0.25, 0.3) is 0 Å². The minimum Gasteiger partial charge on any atom is -0.207 e. The zero-order chi connectivity index (χ0) is 14.1. The lowest BCUT2D eigenvalue weighted by Gasteiger charge is -2.10. The van der Waals surface area contributed by atoms with E-state index in [9.17, 15) is 8.78 Å². The number of thiophene rings is 1. The van der Waals surface area contributed by atoms with Gasteiger partial charge in [-0.25, -0.2) is 8.78 Å². The van der Waals surface area contributed by atoms with Gasteiger partial charge in [0.2, 0.25) is 0 Å². The zero-order valence-corrected chi connectivity index (χ0v) is 12.0. The molecule has 1 unspecified atom stereocenters. The molecule has 0 bridgehead atoms. The highest BCUT2D eigenvalue weighted by molar-refractivity contribution is 7.17. The average molecular weight is 309 g/mol. The van der Waals surface area contributed by atoms with Crippen LogP contribution in [0.3, 0.4) is 0 Å². The van der Waals surface area contributed by atoms with E-state index < -0.39 is 17.0 Å². The lowest BCUT2D eigenvalue weighted by Crippen LogP contribution is -2.01. The lowest BCUT2D eigenvalue weighted by atomic mass is 10.0. The van der Waals surface area contributed by atoms with E-state index in [0.29, 0.717) is 0 Å². The number of hydrogen-bond acceptors (Lipinski definition) is 1. The molecule has 1 aromatic heterocycles. The predicted octanol–water partition coefficient (Wildman–Crippen LogP) is 5.70. The molecule has 0 saturated carbocycles. The maximum absolute atomic E-state index is 13.7. The second-order valence-electron chi connectivity index (χ2n) is 4.56. The maximum atomic E-state index is 13.7. The molecule has 102 valence electrons. The van der Waals surface area contributed by atoms with Crippen molar-refractivity contribution >= 4 is 33.0 Å². The molecule has 0 nitrogen and oxygen atoms in total. The summed E-state index contributed by atoms with van der Waals surface area (Å²) in [4.78, 5) is 0. The van der Waals surface area contributed by atoms with Crippen LogP contribution < -0.4 is 0 Å². The Hall–Kier alpha value is -1.45. The Morgan fingerprint density at radius 2 is 1.70 bits per heavy atom. The molecule has 0 N–H and O–H groups in total. The minimum absolute atomic E-state index is 0.0442. The van der Waals surface area contributed by atoms with Crippen molar-refractivity contribution in [1.82, 2.24) is 0 Å². The summed E-state index contributed by atoms with van der Waals surface area (Å²) in [5.74, 6) is -1.09. The van der Waals surface area contributed by atoms with Crippen molar-refractivity contribution in [3.63, 3.8) is 0 Å². The van der Waals surface area contributed by atoms with E-state index in [0.717, 1.165) is 15.6 Å². The highest BCUT2D eigenvalue weighted by Crippen LogP contribution is 2.35. The molecule has 3 aromatic rings. The minimum atomic E-state index is -0.546. The Labute approximate surface area is 124 Å². The summed E-state index contributed by atoms with van der Waals surface area (Å²) >= 11 is 7.97. The molecule has 1 heterocycles. The van der Waals surface area contributed by atoms with E-state index in [1.807, 2.05) is 29.6 Å². The molecule has 0 spiro atoms. The Morgan fingerprint density at radius 1 is 1.00 bits per heavy atom. The fourth-order valence-electron chi connectivity index (χ4n) is 2.26. The molecule has 0 radical (unpaired) electrons. The first kappa shape index (κ1) is 13.5. The van der Waals surface area contributed by atoms with Crippen LogP contribution in [0.2, 0.25) is 0 Å². The van der Waals surface area contributed by atoms with Gasteiger partial charge < -0.3 is 0 Å². The number of halogens is 3. The first-order valence-electron chi connectivity index (χ1n) is 6.20. The topological polar surface area (TPSA) is 0 Å². The number of fused-ring (bicyclic) bond motifs is 1. The van der Waals surface area contributed by atoms with E-state index in [1.54, 1.807) is 11.3 Å². The first-order valence-corrected chi connectivity index (χ1v) is 7.51. The Balaban J connectivity index is 1.95. The molecule has 0 aliphatic heterocycles. The molecule has 0 aliphatic carbocycles. The molecule has 0 aliphatic rings. The number of alkyl halides is 1. The van der Waals surface area contributed by atoms with Crippen LogP contribution in [-0.4, -0.2) is 0 Å². The van der Waals surface area contributed by atoms with Crippen molar-refractivity contribution in [3.8, 4) is 0 Å². The van der Waals surface area contributed by atoms with Crippen molar-refractivity contribution in [3.05, 3.63) is 70.6 Å². The molecule has 0 amide bonds. The summed E-state index contributed by atoms with van der Waals surface area (Å²) in [7, 11) is 0. The van der Waals surface area contributed by atoms with Crippen molar-refractivity contribution < 1.29 is 8.78 Å². The van der Waals surface area contributed by atoms with E-state index in [-0.39, 0.29) is 12.0 Å². The molecule has 1 atom stereocenters. The normalized spacial score (nSPS) is 12.8. The molecule has 2 aromatic carbocycles. The summed E-state index contributed by atoms with van der Waals surface area (Å²) in [6.07, 6.45) is 0.140. The molecular weight excluding hydrogens is 298 g/mol. The SMILES string of the molecule is Fc1cccc(F)c1CC(Cl)c1csc2ccccc12. The van der Waals surface area contributed by atoms with Gasteiger partial charge in [0.1, 0.15) is 11.6 Å². The van der Waals surface area contributed by atoms with Crippen LogP contribution in [0.5, 0.6) is 0 Å². The van der Waals surface area contributed by atoms with E-state index in [2.05, 4.69) is 0 Å². The molecule has 0 fully saturated rings. The molecule has 3 rings (SSSR count). The summed E-state index contributed by atoms with van der Waals surface area (Å²) < 4.78 is 28.5. The monoisotopic (exact) mass is 308 g/mol. The van der Waals surface area contributed by atoms with Gasteiger partial charge in [-0.05, 0) is 40.9 Å². The maximum Gasteiger partial charge on any atom is 0.129 e. The summed E-state index contributed by atoms with van der Waals surface area (Å²) in [5, 5.41) is 2.56. The number of benzene rings is 2. The highest BCUT2D eigenvalue weighted by atomic mass is 35.5. The molecule has 20 heavy (non-hydrogen) atoms. The predicted molar refractivity (Wildman–Crippen MR) is 80.5 cm³/mol. The van der Waals surface area contributed by atoms with Gasteiger partial charge in [0.05, 0.1) is 5.38 Å². The van der Waals surface area contributed by atoms with Crippen molar-refractivity contribution in [2.75, 3.05) is 0 Å². The molecule has 0 saturated heterocycles. The van der Waals surface area contributed by atoms with E-state index in [4.69, 9.17) is 11.6 Å². The Kier molecular flexibility index (Phi) is 3.72. The van der Waals surface area contributed by atoms with Crippen LogP contribution >= 0.6 is 22.9 Å². The first-order chi connectivity index (χ1) is 9.66. The van der Waals surface area contributed by atoms with Crippen LogP contribution in [0.25, 0.3) is 10.1 Å². The quantitative estimate of drug-likeness (QED) is 0.544. The number of rotatable bonds is 3. The van der Waals surface area contributed by atoms with Crippen molar-refractivity contribution in [2.45, 2.75) is 11.8 Å². The van der Waals surface area contributed by atoms with Gasteiger partial charge in [0.15, 0.2) is 0 Å². The highest BCUT2D eigenvalue weighted by Gasteiger charge is 2.18. The third kappa shape index (κ3) is 2.43. The standard InChI is InChI=1S/C16H11ClF2S/c17-13(8-11-14(18)5-3-6-15(11)19)12-9-20-16-7-2-1-4-10(12)16/h1-7,9,13H,8H2. The van der Waals surface area contributed by atoms with Gasteiger partial charge in [-0.1, -0.05) is 24.3 Å². The molecular formula is C16H11ClF2S. The second kappa shape index (κ2) is 5.51. The molecule has 4 heteroatoms. The van der Waals surface area contributed by atoms with Gasteiger partial charge in [-0.2, -0.15) is 0 Å². The summed E-state index contributed by atoms with van der Waals surface area (Å²) in [6, 6.07) is 11.8. The zero-order valence-electron chi connectivity index (χ0n) is 10.4. The van der Waals surface area contributed by atoms with Crippen LogP contribution in [0, 0.1) is 11.6 Å². The third-order valence-corrected chi connectivity index (χ3v) is 4.66. The summed E-state index contributed by atoms with van der Waals surface area (Å²) in [6.45, 7) is 0. The van der Waals surface area contributed by atoms with Crippen LogP contribution in [0.15, 0.2) is 47.8 Å². The van der Waals surface area contributed by atoms with E-state index >= 15 is 0 Å². The van der Waals surface area contributed by atoms with Gasteiger partial charge in [0, 0.05) is 10.3 Å². The van der Waals surface area contributed by atoms with Gasteiger partial charge in [-0.15, -0.1) is 22.9 Å². The van der Waals surface area contributed by atoms with Crippen LogP contribution in [0.1, 0.15) is 16.5 Å². The Bertz CT molecular complexity index is 731. The fraction of sp³-hybridized carbons (Fsp3) is 0.125. The Morgan fingerprint density at radius 3 is 2.45 bits per heavy atom. The largest absolute Gasteiger partial charge is 0.207 e. The van der Waals surface area contributed by atoms with Crippen LogP contribution in [-0.2, 0) is 6.42 Å². The lowest BCUT2D eigenvalue weighted by molar-refractivity contribution is 0.553. The second-order valence-corrected chi connectivity index (χ2v) is 6.00. The average Bonchev–Trinajstić information content (AvgIpc) is 2.87. The summed E-state index contributed by atoms with van der Waals surface area (Å²) in [5.41, 5.74) is 0.970. The van der Waals surface area contributed by atoms with E-state index in [1.165, 1.54) is 18.2 Å². The van der Waals surface area contributed by atoms with Gasteiger partial charge in [-0.3, -0.25) is 0 Å². The third-order valence-electron chi connectivity index (χ3n) is 3.29. The smallest absolute Gasteiger partial charge is 0.129 e. The number of hydrogen-bond donors (Lipinski definition) is 0. The van der Waals surface area contributed by atoms with Crippen LogP contribution in [0.4, 0.5) is 8.78 Å². The van der Waals surface area contributed by atoms with Crippen molar-refractivity contribution in [1.29, 1.82) is 0 Å². The van der Waals surface area contributed by atoms with Gasteiger partial charge >= 0.3 is 0 Å².